The highest BCUT2D eigenvalue weighted by Crippen LogP contribution is 2.35. The number of anilines is 1. The second-order valence-corrected chi connectivity index (χ2v) is 4.86. The van der Waals surface area contributed by atoms with E-state index in [0.717, 1.165) is 0 Å². The van der Waals surface area contributed by atoms with Gasteiger partial charge in [-0.25, -0.2) is 4.79 Å². The average molecular weight is 274 g/mol. The Balaban J connectivity index is 2.29. The van der Waals surface area contributed by atoms with Gasteiger partial charge in [0.15, 0.2) is 0 Å². The molecule has 2 unspecified atom stereocenters. The standard InChI is InChI=1S/C15H18N2O3/c1-3-10(2)16-15(20)17-9-8-12(14(18)19)11-6-4-5-7-13(11)17/h3-7,10,12H,1,8-9H2,2H3,(H,16,20)(H,18,19). The maximum atomic E-state index is 12.2. The number of nitrogens with one attached hydrogen (secondary N) is 1. The van der Waals surface area contributed by atoms with Gasteiger partial charge >= 0.3 is 12.0 Å². The van der Waals surface area contributed by atoms with Crippen LogP contribution in [0.25, 0.3) is 0 Å². The molecule has 1 aliphatic heterocycles. The van der Waals surface area contributed by atoms with Gasteiger partial charge in [-0.3, -0.25) is 9.69 Å². The molecule has 0 saturated heterocycles. The lowest BCUT2D eigenvalue weighted by Crippen LogP contribution is -2.46. The summed E-state index contributed by atoms with van der Waals surface area (Å²) in [6.07, 6.45) is 2.07. The zero-order valence-corrected chi connectivity index (χ0v) is 11.4. The smallest absolute Gasteiger partial charge is 0.322 e. The molecular formula is C15H18N2O3. The van der Waals surface area contributed by atoms with Crippen molar-refractivity contribution < 1.29 is 14.7 Å². The van der Waals surface area contributed by atoms with Crippen LogP contribution in [0.2, 0.25) is 0 Å². The van der Waals surface area contributed by atoms with Crippen LogP contribution >= 0.6 is 0 Å². The Morgan fingerprint density at radius 1 is 1.50 bits per heavy atom. The quantitative estimate of drug-likeness (QED) is 0.831. The third-order valence-electron chi connectivity index (χ3n) is 3.49. The van der Waals surface area contributed by atoms with E-state index in [4.69, 9.17) is 0 Å². The molecule has 20 heavy (non-hydrogen) atoms. The van der Waals surface area contributed by atoms with Crippen LogP contribution in [0.5, 0.6) is 0 Å². The van der Waals surface area contributed by atoms with Gasteiger partial charge in [0.2, 0.25) is 0 Å². The van der Waals surface area contributed by atoms with E-state index in [0.29, 0.717) is 24.2 Å². The van der Waals surface area contributed by atoms with Gasteiger partial charge in [-0.2, -0.15) is 0 Å². The normalized spacial score (nSPS) is 18.9. The predicted octanol–water partition coefficient (Wildman–Crippen LogP) is 2.35. The summed E-state index contributed by atoms with van der Waals surface area (Å²) in [6, 6.07) is 6.79. The maximum absolute atomic E-state index is 12.2. The lowest BCUT2D eigenvalue weighted by Gasteiger charge is -2.33. The number of benzene rings is 1. The topological polar surface area (TPSA) is 69.6 Å². The van der Waals surface area contributed by atoms with E-state index >= 15 is 0 Å². The molecule has 2 amide bonds. The Bertz CT molecular complexity index is 542. The average Bonchev–Trinajstić information content (AvgIpc) is 2.45. The summed E-state index contributed by atoms with van der Waals surface area (Å²) >= 11 is 0. The van der Waals surface area contributed by atoms with Crippen LogP contribution in [-0.4, -0.2) is 29.7 Å². The number of rotatable bonds is 3. The summed E-state index contributed by atoms with van der Waals surface area (Å²) in [6.45, 7) is 5.85. The minimum Gasteiger partial charge on any atom is -0.481 e. The first-order chi connectivity index (χ1) is 9.54. The number of urea groups is 1. The van der Waals surface area contributed by atoms with Gasteiger partial charge in [0.1, 0.15) is 0 Å². The van der Waals surface area contributed by atoms with Crippen molar-refractivity contribution in [2.75, 3.05) is 11.4 Å². The second-order valence-electron chi connectivity index (χ2n) is 4.86. The SMILES string of the molecule is C=CC(C)NC(=O)N1CCC(C(=O)O)c2ccccc21. The van der Waals surface area contributed by atoms with Gasteiger partial charge in [0, 0.05) is 18.3 Å². The van der Waals surface area contributed by atoms with Crippen LogP contribution in [0.3, 0.4) is 0 Å². The molecule has 106 valence electrons. The number of hydrogen-bond donors (Lipinski definition) is 2. The number of nitrogens with zero attached hydrogens (tertiary/aromatic N) is 1. The number of para-hydroxylation sites is 1. The van der Waals surface area contributed by atoms with Crippen molar-refractivity contribution in [3.05, 3.63) is 42.5 Å². The van der Waals surface area contributed by atoms with Crippen molar-refractivity contribution in [3.63, 3.8) is 0 Å². The fraction of sp³-hybridized carbons (Fsp3) is 0.333. The number of fused-ring (bicyclic) bond motifs is 1. The largest absolute Gasteiger partial charge is 0.481 e. The zero-order chi connectivity index (χ0) is 14.7. The summed E-state index contributed by atoms with van der Waals surface area (Å²) in [4.78, 5) is 25.1. The van der Waals surface area contributed by atoms with Crippen molar-refractivity contribution in [1.82, 2.24) is 5.32 Å². The number of carbonyl (C=O) groups is 2. The first kappa shape index (κ1) is 14.1. The molecule has 0 aromatic heterocycles. The van der Waals surface area contributed by atoms with E-state index in [1.54, 1.807) is 35.2 Å². The summed E-state index contributed by atoms with van der Waals surface area (Å²) in [5.41, 5.74) is 1.35. The van der Waals surface area contributed by atoms with Crippen LogP contribution in [0.4, 0.5) is 10.5 Å². The van der Waals surface area contributed by atoms with Gasteiger partial charge in [-0.05, 0) is 25.0 Å². The molecule has 0 spiro atoms. The molecule has 2 atom stereocenters. The van der Waals surface area contributed by atoms with Gasteiger partial charge in [0.25, 0.3) is 0 Å². The number of carbonyl (C=O) groups excluding carboxylic acids is 1. The Morgan fingerprint density at radius 3 is 2.85 bits per heavy atom. The van der Waals surface area contributed by atoms with Crippen molar-refractivity contribution in [2.24, 2.45) is 0 Å². The highest BCUT2D eigenvalue weighted by atomic mass is 16.4. The third kappa shape index (κ3) is 2.66. The Kier molecular flexibility index (Phi) is 4.08. The van der Waals surface area contributed by atoms with Gasteiger partial charge in [-0.1, -0.05) is 24.3 Å². The Hall–Kier alpha value is -2.30. The van der Waals surface area contributed by atoms with Crippen molar-refractivity contribution in [3.8, 4) is 0 Å². The highest BCUT2D eigenvalue weighted by molar-refractivity contribution is 5.95. The molecule has 1 heterocycles. The highest BCUT2D eigenvalue weighted by Gasteiger charge is 2.32. The molecule has 1 aromatic rings. The lowest BCUT2D eigenvalue weighted by atomic mass is 9.90. The molecule has 5 heteroatoms. The van der Waals surface area contributed by atoms with Crippen molar-refractivity contribution >= 4 is 17.7 Å². The summed E-state index contributed by atoms with van der Waals surface area (Å²) < 4.78 is 0. The Morgan fingerprint density at radius 2 is 2.20 bits per heavy atom. The summed E-state index contributed by atoms with van der Waals surface area (Å²) in [5, 5.41) is 12.1. The molecule has 1 aromatic carbocycles. The minimum absolute atomic E-state index is 0.133. The van der Waals surface area contributed by atoms with E-state index in [1.165, 1.54) is 0 Å². The number of aliphatic carboxylic acids is 1. The first-order valence-corrected chi connectivity index (χ1v) is 6.57. The van der Waals surface area contributed by atoms with Crippen LogP contribution in [0.15, 0.2) is 36.9 Å². The maximum Gasteiger partial charge on any atom is 0.322 e. The summed E-state index contributed by atoms with van der Waals surface area (Å²) in [7, 11) is 0. The number of carboxylic acid groups (broad SMARTS) is 1. The molecule has 1 aliphatic rings. The molecule has 0 bridgehead atoms. The van der Waals surface area contributed by atoms with E-state index in [-0.39, 0.29) is 12.1 Å². The number of hydrogen-bond acceptors (Lipinski definition) is 2. The van der Waals surface area contributed by atoms with Crippen LogP contribution in [0.1, 0.15) is 24.8 Å². The lowest BCUT2D eigenvalue weighted by molar-refractivity contribution is -0.139. The van der Waals surface area contributed by atoms with Crippen molar-refractivity contribution in [2.45, 2.75) is 25.3 Å². The monoisotopic (exact) mass is 274 g/mol. The van der Waals surface area contributed by atoms with E-state index in [9.17, 15) is 14.7 Å². The van der Waals surface area contributed by atoms with E-state index < -0.39 is 11.9 Å². The molecular weight excluding hydrogens is 256 g/mol. The fourth-order valence-corrected chi connectivity index (χ4v) is 2.36. The summed E-state index contributed by atoms with van der Waals surface area (Å²) in [5.74, 6) is -1.40. The second kappa shape index (κ2) is 5.77. The minimum atomic E-state index is -0.850. The fourth-order valence-electron chi connectivity index (χ4n) is 2.36. The van der Waals surface area contributed by atoms with Crippen LogP contribution in [-0.2, 0) is 4.79 Å². The van der Waals surface area contributed by atoms with Crippen molar-refractivity contribution in [1.29, 1.82) is 0 Å². The molecule has 0 aliphatic carbocycles. The van der Waals surface area contributed by atoms with Gasteiger partial charge in [-0.15, -0.1) is 6.58 Å². The van der Waals surface area contributed by atoms with Gasteiger partial charge in [0.05, 0.1) is 5.92 Å². The number of amides is 2. The van der Waals surface area contributed by atoms with Crippen LogP contribution in [0, 0.1) is 0 Å². The molecule has 0 saturated carbocycles. The molecule has 2 rings (SSSR count). The molecule has 5 nitrogen and oxygen atoms in total. The van der Waals surface area contributed by atoms with Crippen LogP contribution < -0.4 is 10.2 Å². The molecule has 0 fully saturated rings. The predicted molar refractivity (Wildman–Crippen MR) is 77.0 cm³/mol. The number of carboxylic acids is 1. The zero-order valence-electron chi connectivity index (χ0n) is 11.4. The molecule has 2 N–H and O–H groups in total. The molecule has 0 radical (unpaired) electrons. The van der Waals surface area contributed by atoms with Gasteiger partial charge < -0.3 is 10.4 Å². The van der Waals surface area contributed by atoms with E-state index in [2.05, 4.69) is 11.9 Å². The third-order valence-corrected chi connectivity index (χ3v) is 3.49. The van der Waals surface area contributed by atoms with E-state index in [1.807, 2.05) is 6.92 Å². The Labute approximate surface area is 117 Å². The first-order valence-electron chi connectivity index (χ1n) is 6.57.